The lowest BCUT2D eigenvalue weighted by atomic mass is 10.2. The highest BCUT2D eigenvalue weighted by molar-refractivity contribution is 5.58. The van der Waals surface area contributed by atoms with Crippen LogP contribution in [0.3, 0.4) is 0 Å². The molecule has 0 bridgehead atoms. The number of halogens is 3. The number of nitrogens with one attached hydrogen (secondary N) is 1. The maximum atomic E-state index is 13.0. The number of aromatic nitrogens is 5. The predicted octanol–water partition coefficient (Wildman–Crippen LogP) is 3.39. The quantitative estimate of drug-likeness (QED) is 0.724. The maximum Gasteiger partial charge on any atom is 0.421 e. The van der Waals surface area contributed by atoms with E-state index in [0.717, 1.165) is 11.4 Å². The summed E-state index contributed by atoms with van der Waals surface area (Å²) in [6, 6.07) is 5.70. The molecule has 0 atom stereocenters. The zero-order valence-corrected chi connectivity index (χ0v) is 15.0. The third-order valence-corrected chi connectivity index (χ3v) is 3.86. The van der Waals surface area contributed by atoms with E-state index in [0.29, 0.717) is 17.9 Å². The predicted molar refractivity (Wildman–Crippen MR) is 94.5 cm³/mol. The minimum absolute atomic E-state index is 0.0191. The topological polar surface area (TPSA) is 94.5 Å². The van der Waals surface area contributed by atoms with Crippen molar-refractivity contribution < 1.29 is 13.2 Å². The van der Waals surface area contributed by atoms with Gasteiger partial charge in [-0.15, -0.1) is 0 Å². The van der Waals surface area contributed by atoms with Crippen LogP contribution in [-0.2, 0) is 12.7 Å². The zero-order valence-electron chi connectivity index (χ0n) is 15.0. The summed E-state index contributed by atoms with van der Waals surface area (Å²) in [5.41, 5.74) is 7.17. The van der Waals surface area contributed by atoms with Crippen molar-refractivity contribution in [2.75, 3.05) is 11.1 Å². The van der Waals surface area contributed by atoms with Crippen molar-refractivity contribution in [3.05, 3.63) is 52.7 Å². The summed E-state index contributed by atoms with van der Waals surface area (Å²) in [7, 11) is 0. The average molecular weight is 377 g/mol. The van der Waals surface area contributed by atoms with Crippen LogP contribution in [0, 0.1) is 20.8 Å². The molecule has 27 heavy (non-hydrogen) atoms. The molecule has 0 saturated carbocycles. The van der Waals surface area contributed by atoms with Gasteiger partial charge in [0.25, 0.3) is 0 Å². The Balaban J connectivity index is 1.83. The normalized spacial score (nSPS) is 11.6. The summed E-state index contributed by atoms with van der Waals surface area (Å²) in [4.78, 5) is 12.0. The van der Waals surface area contributed by atoms with E-state index in [1.807, 2.05) is 25.1 Å². The molecule has 3 N–H and O–H groups in total. The Bertz CT molecular complexity index is 956. The lowest BCUT2D eigenvalue weighted by molar-refractivity contribution is -0.137. The molecule has 0 fully saturated rings. The largest absolute Gasteiger partial charge is 0.421 e. The Labute approximate surface area is 153 Å². The van der Waals surface area contributed by atoms with E-state index >= 15 is 0 Å². The van der Waals surface area contributed by atoms with Gasteiger partial charge in [0.2, 0.25) is 5.95 Å². The van der Waals surface area contributed by atoms with Crippen LogP contribution in [0.15, 0.2) is 24.4 Å². The van der Waals surface area contributed by atoms with Gasteiger partial charge in [-0.2, -0.15) is 23.3 Å². The van der Waals surface area contributed by atoms with Crippen molar-refractivity contribution in [1.29, 1.82) is 0 Å². The first kappa shape index (κ1) is 18.6. The first-order valence-corrected chi connectivity index (χ1v) is 8.08. The second-order valence-corrected chi connectivity index (χ2v) is 6.11. The number of alkyl halides is 3. The van der Waals surface area contributed by atoms with Gasteiger partial charge in [-0.05, 0) is 32.9 Å². The fourth-order valence-corrected chi connectivity index (χ4v) is 2.70. The van der Waals surface area contributed by atoms with Gasteiger partial charge in [-0.25, -0.2) is 4.98 Å². The Hall–Kier alpha value is -3.17. The van der Waals surface area contributed by atoms with Gasteiger partial charge in [0, 0.05) is 11.9 Å². The number of aryl methyl sites for hydroxylation is 3. The molecule has 3 heterocycles. The molecule has 0 spiro atoms. The van der Waals surface area contributed by atoms with Crippen molar-refractivity contribution in [1.82, 2.24) is 24.7 Å². The Kier molecular flexibility index (Phi) is 4.73. The number of nitrogens with two attached hydrogens (primary N) is 1. The molecule has 0 aliphatic carbocycles. The molecule has 0 aliphatic rings. The smallest absolute Gasteiger partial charge is 0.383 e. The number of anilines is 3. The molecule has 142 valence electrons. The molecular weight excluding hydrogens is 359 g/mol. The summed E-state index contributed by atoms with van der Waals surface area (Å²) in [5.74, 6) is -0.638. The number of pyridine rings is 1. The van der Waals surface area contributed by atoms with Crippen LogP contribution in [0.5, 0.6) is 0 Å². The summed E-state index contributed by atoms with van der Waals surface area (Å²) in [5, 5.41) is 7.26. The minimum atomic E-state index is -4.60. The van der Waals surface area contributed by atoms with Crippen LogP contribution in [-0.4, -0.2) is 24.7 Å². The zero-order chi connectivity index (χ0) is 19.8. The molecule has 10 heteroatoms. The van der Waals surface area contributed by atoms with E-state index < -0.39 is 17.6 Å². The molecule has 3 rings (SSSR count). The Morgan fingerprint density at radius 3 is 2.44 bits per heavy atom. The highest BCUT2D eigenvalue weighted by Gasteiger charge is 2.36. The monoisotopic (exact) mass is 377 g/mol. The van der Waals surface area contributed by atoms with E-state index in [4.69, 9.17) is 5.73 Å². The lowest BCUT2D eigenvalue weighted by Crippen LogP contribution is -2.15. The number of nitrogens with zero attached hydrogens (tertiary/aromatic N) is 5. The first-order valence-electron chi connectivity index (χ1n) is 8.08. The third kappa shape index (κ3) is 4.15. The minimum Gasteiger partial charge on any atom is -0.383 e. The fraction of sp³-hybridized carbons (Fsp3) is 0.294. The molecule has 0 aromatic carbocycles. The number of nitrogen functional groups attached to an aromatic ring is 1. The van der Waals surface area contributed by atoms with Crippen molar-refractivity contribution in [3.63, 3.8) is 0 Å². The van der Waals surface area contributed by atoms with Gasteiger partial charge in [0.1, 0.15) is 11.4 Å². The lowest BCUT2D eigenvalue weighted by Gasteiger charge is -2.13. The van der Waals surface area contributed by atoms with Crippen molar-refractivity contribution in [2.45, 2.75) is 33.5 Å². The molecule has 0 radical (unpaired) electrons. The summed E-state index contributed by atoms with van der Waals surface area (Å²) in [6.45, 7) is 5.37. The number of hydrogen-bond acceptors (Lipinski definition) is 6. The molecule has 0 unspecified atom stereocenters. The van der Waals surface area contributed by atoms with E-state index in [9.17, 15) is 13.2 Å². The Morgan fingerprint density at radius 1 is 1.07 bits per heavy atom. The summed E-state index contributed by atoms with van der Waals surface area (Å²) in [6.07, 6.45) is -2.89. The molecule has 3 aromatic rings. The second kappa shape index (κ2) is 6.86. The number of rotatable bonds is 4. The van der Waals surface area contributed by atoms with Crippen LogP contribution in [0.25, 0.3) is 0 Å². The standard InChI is InChI=1S/C17H18F3N7/c1-9-5-4-6-12(22-9)7-27-8-13(10(2)26-27)24-16-23-11(3)14(15(21)25-16)17(18,19)20/h4-6,8H,7H2,1-3H3,(H3,21,23,24,25). The highest BCUT2D eigenvalue weighted by Crippen LogP contribution is 2.35. The van der Waals surface area contributed by atoms with Gasteiger partial charge < -0.3 is 11.1 Å². The second-order valence-electron chi connectivity index (χ2n) is 6.11. The fourth-order valence-electron chi connectivity index (χ4n) is 2.70. The van der Waals surface area contributed by atoms with E-state index in [1.54, 1.807) is 17.8 Å². The van der Waals surface area contributed by atoms with E-state index in [1.165, 1.54) is 6.92 Å². The van der Waals surface area contributed by atoms with Crippen LogP contribution in [0.1, 0.15) is 28.3 Å². The van der Waals surface area contributed by atoms with Crippen molar-refractivity contribution in [2.24, 2.45) is 0 Å². The van der Waals surface area contributed by atoms with Gasteiger partial charge in [0.05, 0.1) is 29.3 Å². The molecule has 0 amide bonds. The van der Waals surface area contributed by atoms with Gasteiger partial charge in [0.15, 0.2) is 0 Å². The molecule has 7 nitrogen and oxygen atoms in total. The third-order valence-electron chi connectivity index (χ3n) is 3.86. The molecule has 3 aromatic heterocycles. The maximum absolute atomic E-state index is 13.0. The van der Waals surface area contributed by atoms with Crippen LogP contribution >= 0.6 is 0 Å². The highest BCUT2D eigenvalue weighted by atomic mass is 19.4. The SMILES string of the molecule is Cc1cccc(Cn2cc(Nc3nc(C)c(C(F)(F)F)c(N)n3)c(C)n2)n1. The summed E-state index contributed by atoms with van der Waals surface area (Å²) >= 11 is 0. The van der Waals surface area contributed by atoms with Crippen LogP contribution in [0.2, 0.25) is 0 Å². The number of hydrogen-bond donors (Lipinski definition) is 2. The first-order chi connectivity index (χ1) is 12.6. The van der Waals surface area contributed by atoms with Gasteiger partial charge in [-0.1, -0.05) is 6.07 Å². The average Bonchev–Trinajstić information content (AvgIpc) is 2.84. The van der Waals surface area contributed by atoms with Crippen molar-refractivity contribution in [3.8, 4) is 0 Å². The van der Waals surface area contributed by atoms with E-state index in [2.05, 4.69) is 25.4 Å². The van der Waals surface area contributed by atoms with Gasteiger partial charge >= 0.3 is 6.18 Å². The van der Waals surface area contributed by atoms with Crippen molar-refractivity contribution >= 4 is 17.5 Å². The Morgan fingerprint density at radius 2 is 1.81 bits per heavy atom. The molecule has 0 aliphatic heterocycles. The van der Waals surface area contributed by atoms with Gasteiger partial charge in [-0.3, -0.25) is 9.67 Å². The van der Waals surface area contributed by atoms with E-state index in [-0.39, 0.29) is 11.6 Å². The molecule has 0 saturated heterocycles. The van der Waals surface area contributed by atoms with Crippen LogP contribution in [0.4, 0.5) is 30.6 Å². The summed E-state index contributed by atoms with van der Waals surface area (Å²) < 4.78 is 40.6. The molecular formula is C17H18F3N7. The van der Waals surface area contributed by atoms with Crippen LogP contribution < -0.4 is 11.1 Å².